The van der Waals surface area contributed by atoms with Crippen LogP contribution in [0.15, 0.2) is 4.99 Å². The summed E-state index contributed by atoms with van der Waals surface area (Å²) in [6.07, 6.45) is 6.70. The lowest BCUT2D eigenvalue weighted by molar-refractivity contribution is -0.127. The number of hydrogen-bond acceptors (Lipinski definition) is 4. The van der Waals surface area contributed by atoms with Gasteiger partial charge in [0.15, 0.2) is 5.96 Å². The second-order valence-electron chi connectivity index (χ2n) is 7.89. The Kier molecular flexibility index (Phi) is 11.5. The van der Waals surface area contributed by atoms with E-state index in [9.17, 15) is 4.79 Å². The molecule has 1 amide bonds. The van der Waals surface area contributed by atoms with Gasteiger partial charge in [-0.05, 0) is 25.7 Å². The fourth-order valence-corrected chi connectivity index (χ4v) is 3.37. The number of likely N-dealkylation sites (N-methyl/N-ethyl adjacent to an activating group) is 1. The van der Waals surface area contributed by atoms with E-state index in [4.69, 9.17) is 0 Å². The molecule has 0 radical (unpaired) electrons. The van der Waals surface area contributed by atoms with Crippen LogP contribution >= 0.6 is 24.0 Å². The zero-order valence-corrected chi connectivity index (χ0v) is 20.9. The molecule has 1 aliphatic heterocycles. The van der Waals surface area contributed by atoms with Gasteiger partial charge in [-0.2, -0.15) is 5.10 Å². The first kappa shape index (κ1) is 25.6. The largest absolute Gasteiger partial charge is 0.356 e. The summed E-state index contributed by atoms with van der Waals surface area (Å²) >= 11 is 0. The standard InChI is InChI=1S/C20H37N7O.HI/c1-6-8-9-16(7-2)12-21-20(22-13-19(28)26(4)5)24-17-10-11-18-23-15(3)25-27(18)14-17;/h16-17H,6-14H2,1-5H3,(H2,21,22,24);1H. The molecule has 0 aromatic carbocycles. The van der Waals surface area contributed by atoms with E-state index >= 15 is 0 Å². The molecule has 166 valence electrons. The summed E-state index contributed by atoms with van der Waals surface area (Å²) in [5.74, 6) is 3.20. The number of fused-ring (bicyclic) bond motifs is 1. The number of guanidine groups is 1. The van der Waals surface area contributed by atoms with Gasteiger partial charge < -0.3 is 15.5 Å². The van der Waals surface area contributed by atoms with Gasteiger partial charge >= 0.3 is 0 Å². The first-order valence-electron chi connectivity index (χ1n) is 10.6. The summed E-state index contributed by atoms with van der Waals surface area (Å²) in [6.45, 7) is 8.18. The number of carbonyl (C=O) groups is 1. The van der Waals surface area contributed by atoms with E-state index in [0.29, 0.717) is 5.92 Å². The van der Waals surface area contributed by atoms with Crippen molar-refractivity contribution in [3.05, 3.63) is 11.6 Å². The van der Waals surface area contributed by atoms with Crippen LogP contribution in [0, 0.1) is 12.8 Å². The van der Waals surface area contributed by atoms with Crippen LogP contribution in [0.1, 0.15) is 57.6 Å². The molecule has 2 N–H and O–H groups in total. The second kappa shape index (κ2) is 13.0. The quantitative estimate of drug-likeness (QED) is 0.297. The fraction of sp³-hybridized carbons (Fsp3) is 0.800. The molecule has 2 heterocycles. The predicted molar refractivity (Wildman–Crippen MR) is 128 cm³/mol. The first-order chi connectivity index (χ1) is 13.4. The number of hydrogen-bond donors (Lipinski definition) is 2. The summed E-state index contributed by atoms with van der Waals surface area (Å²) in [5.41, 5.74) is 0. The van der Waals surface area contributed by atoms with Crippen LogP contribution in [-0.4, -0.2) is 64.8 Å². The second-order valence-corrected chi connectivity index (χ2v) is 7.89. The number of carbonyl (C=O) groups excluding carboxylic acids is 1. The molecule has 0 saturated carbocycles. The van der Waals surface area contributed by atoms with Gasteiger partial charge in [0, 0.05) is 33.1 Å². The Morgan fingerprint density at radius 3 is 2.79 bits per heavy atom. The smallest absolute Gasteiger partial charge is 0.243 e. The van der Waals surface area contributed by atoms with Crippen molar-refractivity contribution in [1.29, 1.82) is 0 Å². The summed E-state index contributed by atoms with van der Waals surface area (Å²) in [6, 6.07) is 0.227. The van der Waals surface area contributed by atoms with Crippen LogP contribution in [0.2, 0.25) is 0 Å². The topological polar surface area (TPSA) is 87.4 Å². The van der Waals surface area contributed by atoms with E-state index < -0.39 is 0 Å². The van der Waals surface area contributed by atoms with E-state index in [-0.39, 0.29) is 42.5 Å². The van der Waals surface area contributed by atoms with Crippen molar-refractivity contribution in [2.24, 2.45) is 10.9 Å². The van der Waals surface area contributed by atoms with Gasteiger partial charge in [0.25, 0.3) is 0 Å². The maximum absolute atomic E-state index is 12.0. The highest BCUT2D eigenvalue weighted by atomic mass is 127. The molecule has 1 aromatic rings. The average Bonchev–Trinajstić information content (AvgIpc) is 3.04. The minimum atomic E-state index is -0.00282. The summed E-state index contributed by atoms with van der Waals surface area (Å²) in [7, 11) is 3.51. The van der Waals surface area contributed by atoms with Gasteiger partial charge in [-0.1, -0.05) is 33.1 Å². The highest BCUT2D eigenvalue weighted by Crippen LogP contribution is 2.13. The molecule has 0 saturated heterocycles. The summed E-state index contributed by atoms with van der Waals surface area (Å²) in [4.78, 5) is 22.6. The zero-order chi connectivity index (χ0) is 20.5. The Bertz CT molecular complexity index is 659. The molecular weight excluding hydrogens is 481 g/mol. The van der Waals surface area contributed by atoms with Crippen LogP contribution in [0.4, 0.5) is 0 Å². The molecule has 2 atom stereocenters. The molecule has 1 aliphatic rings. The maximum atomic E-state index is 12.0. The average molecular weight is 519 g/mol. The lowest BCUT2D eigenvalue weighted by Gasteiger charge is -2.26. The van der Waals surface area contributed by atoms with Gasteiger partial charge in [-0.15, -0.1) is 24.0 Å². The number of nitrogens with one attached hydrogen (secondary N) is 2. The van der Waals surface area contributed by atoms with Gasteiger partial charge in [0.1, 0.15) is 18.2 Å². The Labute approximate surface area is 192 Å². The van der Waals surface area contributed by atoms with E-state index in [1.165, 1.54) is 19.3 Å². The Hall–Kier alpha value is -1.39. The highest BCUT2D eigenvalue weighted by molar-refractivity contribution is 14.0. The maximum Gasteiger partial charge on any atom is 0.243 e. The van der Waals surface area contributed by atoms with E-state index in [0.717, 1.165) is 50.0 Å². The minimum Gasteiger partial charge on any atom is -0.356 e. The number of aliphatic imine (C=N–C) groups is 1. The number of nitrogens with zero attached hydrogens (tertiary/aromatic N) is 5. The summed E-state index contributed by atoms with van der Waals surface area (Å²) < 4.78 is 1.98. The molecule has 29 heavy (non-hydrogen) atoms. The SMILES string of the molecule is CCCCC(CC)CNC(=NCC(=O)N(C)C)NC1CCc2nc(C)nn2C1.I. The highest BCUT2D eigenvalue weighted by Gasteiger charge is 2.22. The van der Waals surface area contributed by atoms with Crippen molar-refractivity contribution in [3.8, 4) is 0 Å². The number of aromatic nitrogens is 3. The number of amides is 1. The van der Waals surface area contributed by atoms with Crippen LogP contribution in [-0.2, 0) is 17.8 Å². The molecule has 2 rings (SSSR count). The van der Waals surface area contributed by atoms with E-state index in [2.05, 4.69) is 39.6 Å². The van der Waals surface area contributed by atoms with Crippen molar-refractivity contribution in [3.63, 3.8) is 0 Å². The molecule has 1 aromatic heterocycles. The normalized spacial score (nSPS) is 17.1. The van der Waals surface area contributed by atoms with Crippen LogP contribution in [0.25, 0.3) is 0 Å². The molecule has 2 unspecified atom stereocenters. The number of rotatable bonds is 9. The van der Waals surface area contributed by atoms with E-state index in [1.807, 2.05) is 11.6 Å². The van der Waals surface area contributed by atoms with Gasteiger partial charge in [0.05, 0.1) is 6.54 Å². The number of aryl methyl sites for hydroxylation is 2. The third-order valence-corrected chi connectivity index (χ3v) is 5.28. The summed E-state index contributed by atoms with van der Waals surface area (Å²) in [5, 5.41) is 11.5. The van der Waals surface area contributed by atoms with Crippen LogP contribution in [0.3, 0.4) is 0 Å². The molecular formula is C20H38IN7O. The number of halogens is 1. The lowest BCUT2D eigenvalue weighted by Crippen LogP contribution is -2.48. The van der Waals surface area contributed by atoms with Crippen molar-refractivity contribution in [2.45, 2.75) is 71.9 Å². The van der Waals surface area contributed by atoms with Gasteiger partial charge in [0.2, 0.25) is 5.91 Å². The Balaban J connectivity index is 0.00000420. The lowest BCUT2D eigenvalue weighted by atomic mass is 9.99. The zero-order valence-electron chi connectivity index (χ0n) is 18.6. The number of unbranched alkanes of at least 4 members (excludes halogenated alkanes) is 1. The van der Waals surface area contributed by atoms with Crippen molar-refractivity contribution in [2.75, 3.05) is 27.2 Å². The van der Waals surface area contributed by atoms with Gasteiger partial charge in [-0.3, -0.25) is 4.79 Å². The molecule has 0 bridgehead atoms. The molecule has 0 aliphatic carbocycles. The third-order valence-electron chi connectivity index (χ3n) is 5.28. The molecule has 8 nitrogen and oxygen atoms in total. The van der Waals surface area contributed by atoms with E-state index in [1.54, 1.807) is 19.0 Å². The molecule has 0 fully saturated rings. The van der Waals surface area contributed by atoms with Gasteiger partial charge in [-0.25, -0.2) is 14.7 Å². The molecule has 0 spiro atoms. The predicted octanol–water partition coefficient (Wildman–Crippen LogP) is 2.36. The third kappa shape index (κ3) is 8.47. The van der Waals surface area contributed by atoms with Crippen molar-refractivity contribution < 1.29 is 4.79 Å². The monoisotopic (exact) mass is 519 g/mol. The first-order valence-corrected chi connectivity index (χ1v) is 10.6. The molecule has 9 heteroatoms. The van der Waals surface area contributed by atoms with Crippen molar-refractivity contribution >= 4 is 35.8 Å². The Morgan fingerprint density at radius 2 is 2.14 bits per heavy atom. The minimum absolute atomic E-state index is 0. The Morgan fingerprint density at radius 1 is 1.38 bits per heavy atom. The van der Waals surface area contributed by atoms with Crippen molar-refractivity contribution in [1.82, 2.24) is 30.3 Å². The fourth-order valence-electron chi connectivity index (χ4n) is 3.37. The van der Waals surface area contributed by atoms with Crippen LogP contribution < -0.4 is 10.6 Å². The van der Waals surface area contributed by atoms with Crippen LogP contribution in [0.5, 0.6) is 0 Å².